The van der Waals surface area contributed by atoms with Crippen LogP contribution in [-0.2, 0) is 21.5 Å². The minimum atomic E-state index is -4.18. The summed E-state index contributed by atoms with van der Waals surface area (Å²) in [4.78, 5) is 5.06. The van der Waals surface area contributed by atoms with Gasteiger partial charge in [-0.05, 0) is 54.6 Å². The number of thioether (sulfide) groups is 2. The molecule has 0 aliphatic rings. The van der Waals surface area contributed by atoms with Gasteiger partial charge in [-0.2, -0.15) is 4.31 Å². The third-order valence-corrected chi connectivity index (χ3v) is 12.1. The van der Waals surface area contributed by atoms with Gasteiger partial charge in [-0.3, -0.25) is 4.57 Å². The van der Waals surface area contributed by atoms with Gasteiger partial charge in [-0.15, -0.1) is 11.8 Å². The summed E-state index contributed by atoms with van der Waals surface area (Å²) in [5.74, 6) is -0.800. The second kappa shape index (κ2) is 17.7. The van der Waals surface area contributed by atoms with Gasteiger partial charge in [0.25, 0.3) is 0 Å². The third kappa shape index (κ3) is 11.4. The van der Waals surface area contributed by atoms with E-state index >= 15 is 8.78 Å². The van der Waals surface area contributed by atoms with Crippen molar-refractivity contribution in [2.45, 2.75) is 39.3 Å². The summed E-state index contributed by atoms with van der Waals surface area (Å²) in [5, 5.41) is 0.436. The maximum Gasteiger partial charge on any atom is 0.243 e. The van der Waals surface area contributed by atoms with Crippen molar-refractivity contribution in [3.05, 3.63) is 89.5 Å². The molecule has 0 aliphatic carbocycles. The Labute approximate surface area is 315 Å². The van der Waals surface area contributed by atoms with Crippen LogP contribution in [0, 0.1) is 17.5 Å². The lowest BCUT2D eigenvalue weighted by atomic mass is 10.2. The van der Waals surface area contributed by atoms with Crippen LogP contribution in [0.5, 0.6) is 11.5 Å². The Morgan fingerprint density at radius 2 is 1.35 bits per heavy atom. The fourth-order valence-corrected chi connectivity index (χ4v) is 8.89. The van der Waals surface area contributed by atoms with Crippen molar-refractivity contribution < 1.29 is 40.0 Å². The predicted octanol–water partition coefficient (Wildman–Crippen LogP) is 7.07. The van der Waals surface area contributed by atoms with E-state index in [9.17, 15) is 12.8 Å². The fourth-order valence-electron chi connectivity index (χ4n) is 5.45. The maximum absolute atomic E-state index is 15.7. The number of methoxy groups -OCH3 is 2. The molecule has 0 atom stereocenters. The van der Waals surface area contributed by atoms with Gasteiger partial charge in [-0.25, -0.2) is 26.6 Å². The number of nitrogens with zero attached hydrogens (tertiary/aromatic N) is 5. The third-order valence-electron chi connectivity index (χ3n) is 8.20. The van der Waals surface area contributed by atoms with Gasteiger partial charge in [-0.1, -0.05) is 11.8 Å². The summed E-state index contributed by atoms with van der Waals surface area (Å²) in [6.45, 7) is 1.97. The monoisotopic (exact) mass is 781 g/mol. The lowest BCUT2D eigenvalue weighted by Crippen LogP contribution is -2.41. The Hall–Kier alpha value is -3.21. The molecule has 0 aliphatic heterocycles. The van der Waals surface area contributed by atoms with Crippen molar-refractivity contribution in [2.75, 3.05) is 82.7 Å². The van der Waals surface area contributed by atoms with Gasteiger partial charge in [0.15, 0.2) is 16.7 Å². The number of sulfonamides is 1. The molecule has 0 bridgehead atoms. The second-order valence-corrected chi connectivity index (χ2v) is 18.4. The number of imidazole rings is 1. The number of hydrogen-bond donors (Lipinski definition) is 0. The van der Waals surface area contributed by atoms with E-state index in [1.54, 1.807) is 32.5 Å². The van der Waals surface area contributed by atoms with Crippen LogP contribution in [-0.4, -0.2) is 114 Å². The van der Waals surface area contributed by atoms with E-state index in [-0.39, 0.29) is 24.4 Å². The Balaban J connectivity index is 1.57. The van der Waals surface area contributed by atoms with Crippen LogP contribution in [0.1, 0.15) is 24.1 Å². The Morgan fingerprint density at radius 3 is 1.88 bits per heavy atom. The Morgan fingerprint density at radius 1 is 0.769 bits per heavy atom. The van der Waals surface area contributed by atoms with Crippen LogP contribution in [0.4, 0.5) is 13.2 Å². The molecule has 52 heavy (non-hydrogen) atoms. The lowest BCUT2D eigenvalue weighted by Gasteiger charge is -2.28. The zero-order valence-electron chi connectivity index (χ0n) is 31.2. The maximum atomic E-state index is 15.7. The molecule has 284 valence electrons. The molecule has 0 radical (unpaired) electrons. The Bertz CT molecular complexity index is 1870. The van der Waals surface area contributed by atoms with Gasteiger partial charge in [0, 0.05) is 53.6 Å². The number of ether oxygens (including phenoxy) is 2. The van der Waals surface area contributed by atoms with E-state index in [1.807, 2.05) is 65.1 Å². The molecule has 4 rings (SSSR count). The fraction of sp³-hybridized carbons (Fsp3) is 0.432. The molecular formula is C37H50F3N5O4S3+2. The highest BCUT2D eigenvalue weighted by atomic mass is 32.2. The minimum Gasteiger partial charge on any atom is -0.493 e. The first-order valence-electron chi connectivity index (χ1n) is 16.8. The van der Waals surface area contributed by atoms with E-state index in [0.29, 0.717) is 49.9 Å². The van der Waals surface area contributed by atoms with Crippen molar-refractivity contribution in [3.8, 4) is 17.2 Å². The van der Waals surface area contributed by atoms with Crippen molar-refractivity contribution in [3.63, 3.8) is 0 Å². The van der Waals surface area contributed by atoms with Crippen molar-refractivity contribution in [1.82, 2.24) is 13.9 Å². The summed E-state index contributed by atoms with van der Waals surface area (Å²) < 4.78 is 88.2. The molecule has 0 saturated heterocycles. The predicted molar refractivity (Wildman–Crippen MR) is 202 cm³/mol. The number of aromatic nitrogens is 2. The van der Waals surface area contributed by atoms with Gasteiger partial charge in [0.05, 0.1) is 86.4 Å². The molecular weight excluding hydrogens is 732 g/mol. The lowest BCUT2D eigenvalue weighted by molar-refractivity contribution is -0.870. The highest BCUT2D eigenvalue weighted by molar-refractivity contribution is 7.98. The second-order valence-electron chi connectivity index (χ2n) is 14.4. The highest BCUT2D eigenvalue weighted by Crippen LogP contribution is 2.35. The molecule has 0 amide bonds. The molecule has 0 spiro atoms. The summed E-state index contributed by atoms with van der Waals surface area (Å²) in [5.41, 5.74) is 1.13. The van der Waals surface area contributed by atoms with Crippen molar-refractivity contribution >= 4 is 33.5 Å². The molecule has 9 nitrogen and oxygen atoms in total. The average molecular weight is 782 g/mol. The zero-order chi connectivity index (χ0) is 38.3. The molecule has 3 aromatic carbocycles. The van der Waals surface area contributed by atoms with Crippen LogP contribution in [0.3, 0.4) is 0 Å². The quantitative estimate of drug-likeness (QED) is 0.0745. The molecule has 1 heterocycles. The minimum absolute atomic E-state index is 0.158. The molecule has 0 unspecified atom stereocenters. The largest absolute Gasteiger partial charge is 0.493 e. The van der Waals surface area contributed by atoms with Crippen LogP contribution in [0.15, 0.2) is 75.7 Å². The highest BCUT2D eigenvalue weighted by Gasteiger charge is 2.28. The van der Waals surface area contributed by atoms with Crippen LogP contribution in [0.25, 0.3) is 5.69 Å². The molecule has 0 N–H and O–H groups in total. The van der Waals surface area contributed by atoms with Gasteiger partial charge < -0.3 is 18.4 Å². The van der Waals surface area contributed by atoms with Crippen LogP contribution >= 0.6 is 23.5 Å². The molecule has 4 aromatic rings. The number of quaternary nitrogens is 2. The van der Waals surface area contributed by atoms with E-state index < -0.39 is 32.4 Å². The normalized spacial score (nSPS) is 12.5. The topological polar surface area (TPSA) is 73.7 Å². The zero-order valence-corrected chi connectivity index (χ0v) is 33.6. The summed E-state index contributed by atoms with van der Waals surface area (Å²) >= 11 is 2.62. The SMILES string of the molecule is COc1ccc(SCc2cnc(SCc3c(F)cc(S(=O)(=O)N(CCC[N+](C)(C)C)CCC[N+](C)(C)C)cc3F)n2-c2ccc(F)cc2)cc1OC. The standard InChI is InChI=1S/C37H50F3N5O4S3/c1-44(2,3)19-9-17-42(18-10-20-45(4,5)6)52(46,47)31-22-33(39)32(34(40)23-31)26-51-37-41-24-29(43(37)28-13-11-27(38)12-14-28)25-50-30-15-16-35(48-7)36(21-30)49-8/h11-16,21-24H,9-10,17-20,25-26H2,1-8H3/q+2. The molecule has 0 saturated carbocycles. The number of halogens is 3. The first-order valence-corrected chi connectivity index (χ1v) is 20.2. The van der Waals surface area contributed by atoms with E-state index in [0.717, 1.165) is 47.6 Å². The van der Waals surface area contributed by atoms with Crippen LogP contribution < -0.4 is 9.47 Å². The van der Waals surface area contributed by atoms with E-state index in [2.05, 4.69) is 4.98 Å². The summed E-state index contributed by atoms with van der Waals surface area (Å²) in [6.07, 6.45) is 2.87. The van der Waals surface area contributed by atoms with Gasteiger partial charge >= 0.3 is 0 Å². The summed E-state index contributed by atoms with van der Waals surface area (Å²) in [6, 6.07) is 13.3. The van der Waals surface area contributed by atoms with Gasteiger partial charge in [0.2, 0.25) is 10.0 Å². The summed E-state index contributed by atoms with van der Waals surface area (Å²) in [7, 11) is 11.1. The van der Waals surface area contributed by atoms with Crippen molar-refractivity contribution in [2.24, 2.45) is 0 Å². The van der Waals surface area contributed by atoms with E-state index in [1.165, 1.54) is 28.2 Å². The number of hydrogen-bond acceptors (Lipinski definition) is 7. The van der Waals surface area contributed by atoms with E-state index in [4.69, 9.17) is 9.47 Å². The average Bonchev–Trinajstić information content (AvgIpc) is 3.47. The molecule has 15 heteroatoms. The molecule has 1 aromatic heterocycles. The Kier molecular flexibility index (Phi) is 14.2. The van der Waals surface area contributed by atoms with Crippen LogP contribution in [0.2, 0.25) is 0 Å². The smallest absolute Gasteiger partial charge is 0.243 e. The number of benzene rings is 3. The van der Waals surface area contributed by atoms with Crippen molar-refractivity contribution in [1.29, 1.82) is 0 Å². The first-order chi connectivity index (χ1) is 24.4. The first kappa shape index (κ1) is 41.5. The molecule has 0 fully saturated rings. The number of rotatable bonds is 19. The van der Waals surface area contributed by atoms with Gasteiger partial charge in [0.1, 0.15) is 17.5 Å².